The van der Waals surface area contributed by atoms with Crippen LogP contribution < -0.4 is 5.32 Å². The van der Waals surface area contributed by atoms with E-state index in [0.717, 1.165) is 51.4 Å². The topological polar surface area (TPSA) is 105 Å². The smallest absolute Gasteiger partial charge is 0.391 e. The molecule has 0 aromatic heterocycles. The fraction of sp³-hybridized carbons (Fsp3) is 0.903. The van der Waals surface area contributed by atoms with E-state index in [4.69, 9.17) is 9.05 Å². The van der Waals surface area contributed by atoms with Crippen LogP contribution in [0.4, 0.5) is 0 Å². The molecule has 0 heterocycles. The van der Waals surface area contributed by atoms with E-state index in [1.54, 1.807) is 0 Å². The maximum absolute atomic E-state index is 13.1. The van der Waals surface area contributed by atoms with Gasteiger partial charge in [-0.05, 0) is 51.4 Å². The molecule has 0 saturated carbocycles. The number of carbonyl (C=O) groups is 1. The highest BCUT2D eigenvalue weighted by Crippen LogP contribution is 2.43. The van der Waals surface area contributed by atoms with Gasteiger partial charge in [-0.25, -0.2) is 4.57 Å². The summed E-state index contributed by atoms with van der Waals surface area (Å²) < 4.78 is 23.9. The van der Waals surface area contributed by atoms with E-state index in [1.165, 1.54) is 289 Å². The SMILES string of the molecule is CCCCCCC/C=C\C/C=C\C/C=C\CCCCCCCCCCCCCCCCCCCCCCCCC(=O)NC(COP(=O)(O)OCC[N+](C)(C)C)C(O)CCCCCCCCCCCCCCCCCCCCCCCC. The number of rotatable bonds is 67. The van der Waals surface area contributed by atoms with E-state index in [0.29, 0.717) is 23.9 Å². The number of phosphoric acid groups is 1. The monoisotopic (exact) mass is 1160 g/mol. The Hall–Kier alpha value is -1.28. The number of carbonyl (C=O) groups excluding carboxylic acids is 1. The van der Waals surface area contributed by atoms with Crippen LogP contribution in [-0.4, -0.2) is 73.4 Å². The number of nitrogens with one attached hydrogen (secondary N) is 1. The molecule has 0 saturated heterocycles. The van der Waals surface area contributed by atoms with Crippen LogP contribution in [0.2, 0.25) is 0 Å². The zero-order chi connectivity index (χ0) is 59.1. The van der Waals surface area contributed by atoms with E-state index in [9.17, 15) is 19.4 Å². The van der Waals surface area contributed by atoms with Gasteiger partial charge in [-0.15, -0.1) is 0 Å². The Bertz CT molecular complexity index is 1410. The number of nitrogens with zero attached hydrogens (tertiary/aromatic N) is 1. The molecule has 0 radical (unpaired) electrons. The molecule has 81 heavy (non-hydrogen) atoms. The summed E-state index contributed by atoms with van der Waals surface area (Å²) in [6, 6.07) is -0.760. The average molecular weight is 1160 g/mol. The second-order valence-corrected chi connectivity index (χ2v) is 27.4. The maximum atomic E-state index is 13.1. The van der Waals surface area contributed by atoms with Gasteiger partial charge in [0.1, 0.15) is 13.2 Å². The molecule has 480 valence electrons. The summed E-state index contributed by atoms with van der Waals surface area (Å²) in [5, 5.41) is 14.1. The van der Waals surface area contributed by atoms with Crippen LogP contribution in [-0.2, 0) is 18.4 Å². The summed E-state index contributed by atoms with van der Waals surface area (Å²) in [6.07, 6.45) is 84.0. The summed E-state index contributed by atoms with van der Waals surface area (Å²) in [5.41, 5.74) is 0. The van der Waals surface area contributed by atoms with Crippen molar-refractivity contribution in [1.29, 1.82) is 0 Å². The zero-order valence-electron chi connectivity index (χ0n) is 55.1. The van der Waals surface area contributed by atoms with E-state index in [2.05, 4.69) is 55.6 Å². The van der Waals surface area contributed by atoms with Crippen LogP contribution in [0.25, 0.3) is 0 Å². The Morgan fingerprint density at radius 2 is 0.704 bits per heavy atom. The lowest BCUT2D eigenvalue weighted by Crippen LogP contribution is -2.46. The van der Waals surface area contributed by atoms with Crippen molar-refractivity contribution in [1.82, 2.24) is 5.32 Å². The van der Waals surface area contributed by atoms with Crippen LogP contribution >= 0.6 is 7.82 Å². The Labute approximate surface area is 506 Å². The number of likely N-dealkylation sites (N-methyl/N-ethyl adjacent to an activating group) is 1. The Balaban J connectivity index is 3.94. The van der Waals surface area contributed by atoms with Crippen molar-refractivity contribution in [3.63, 3.8) is 0 Å². The molecule has 0 rings (SSSR count). The second kappa shape index (κ2) is 63.2. The summed E-state index contributed by atoms with van der Waals surface area (Å²) in [4.78, 5) is 23.5. The quantitative estimate of drug-likeness (QED) is 0.0243. The molecular formula is C72H142N2O6P+. The van der Waals surface area contributed by atoms with Gasteiger partial charge >= 0.3 is 7.82 Å². The van der Waals surface area contributed by atoms with Gasteiger partial charge < -0.3 is 19.8 Å². The molecule has 0 aliphatic rings. The Morgan fingerprint density at radius 1 is 0.420 bits per heavy atom. The lowest BCUT2D eigenvalue weighted by atomic mass is 10.0. The highest BCUT2D eigenvalue weighted by Gasteiger charge is 2.28. The fourth-order valence-corrected chi connectivity index (χ4v) is 11.8. The van der Waals surface area contributed by atoms with Crippen molar-refractivity contribution in [2.24, 2.45) is 0 Å². The lowest BCUT2D eigenvalue weighted by molar-refractivity contribution is -0.870. The summed E-state index contributed by atoms with van der Waals surface area (Å²) in [7, 11) is 1.63. The molecule has 8 nitrogen and oxygen atoms in total. The van der Waals surface area contributed by atoms with E-state index < -0.39 is 20.0 Å². The van der Waals surface area contributed by atoms with Crippen LogP contribution in [0.3, 0.4) is 0 Å². The first-order chi connectivity index (χ1) is 39.5. The predicted molar refractivity (Wildman–Crippen MR) is 355 cm³/mol. The first-order valence-corrected chi connectivity index (χ1v) is 37.3. The molecule has 3 atom stereocenters. The van der Waals surface area contributed by atoms with Crippen molar-refractivity contribution >= 4 is 13.7 Å². The molecular weight excluding hydrogens is 1020 g/mol. The van der Waals surface area contributed by atoms with Crippen molar-refractivity contribution in [2.45, 2.75) is 379 Å². The number of unbranched alkanes of at least 4 members (excludes halogenated alkanes) is 48. The van der Waals surface area contributed by atoms with Gasteiger partial charge in [0.15, 0.2) is 0 Å². The van der Waals surface area contributed by atoms with Gasteiger partial charge in [-0.1, -0.05) is 346 Å². The van der Waals surface area contributed by atoms with Gasteiger partial charge in [0.25, 0.3) is 0 Å². The minimum atomic E-state index is -4.33. The number of hydrogen-bond acceptors (Lipinski definition) is 5. The number of hydrogen-bond donors (Lipinski definition) is 3. The van der Waals surface area contributed by atoms with Crippen LogP contribution in [0.1, 0.15) is 367 Å². The van der Waals surface area contributed by atoms with Crippen LogP contribution in [0.5, 0.6) is 0 Å². The van der Waals surface area contributed by atoms with Crippen molar-refractivity contribution in [2.75, 3.05) is 40.9 Å². The number of phosphoric ester groups is 1. The lowest BCUT2D eigenvalue weighted by Gasteiger charge is -2.26. The third-order valence-electron chi connectivity index (χ3n) is 16.6. The van der Waals surface area contributed by atoms with E-state index >= 15 is 0 Å². The average Bonchev–Trinajstić information content (AvgIpc) is 3.43. The molecule has 3 unspecified atom stereocenters. The minimum absolute atomic E-state index is 0.0772. The standard InChI is InChI=1S/C72H141N2O6P/c1-6-8-10-12-14-16-18-20-22-24-26-28-30-31-32-33-34-35-36-37-38-39-40-41-42-43-44-46-48-50-52-54-56-58-60-62-64-66-72(76)73-70(69-80-81(77,78)79-68-67-74(3,4)5)71(75)65-63-61-59-57-55-53-51-49-47-45-29-27-25-23-21-19-17-15-13-11-9-7-2/h18,20,24,26,30-31,70-71,75H,6-17,19,21-23,25,27-29,32-69H2,1-5H3,(H-,73,76,77,78)/p+1/b20-18-,26-24-,31-30-. The fourth-order valence-electron chi connectivity index (χ4n) is 11.1. The van der Waals surface area contributed by atoms with Crippen LogP contribution in [0, 0.1) is 0 Å². The molecule has 0 bridgehead atoms. The van der Waals surface area contributed by atoms with Crippen LogP contribution in [0.15, 0.2) is 36.5 Å². The summed E-state index contributed by atoms with van der Waals surface area (Å²) in [5.74, 6) is -0.136. The molecule has 9 heteroatoms. The van der Waals surface area contributed by atoms with Gasteiger partial charge in [-0.3, -0.25) is 13.8 Å². The molecule has 3 N–H and O–H groups in total. The summed E-state index contributed by atoms with van der Waals surface area (Å²) >= 11 is 0. The molecule has 0 fully saturated rings. The number of quaternary nitrogens is 1. The normalized spacial score (nSPS) is 13.8. The Morgan fingerprint density at radius 3 is 1.02 bits per heavy atom. The number of amides is 1. The van der Waals surface area contributed by atoms with Crippen molar-refractivity contribution in [3.8, 4) is 0 Å². The largest absolute Gasteiger partial charge is 0.472 e. The molecule has 0 aliphatic heterocycles. The molecule has 0 aliphatic carbocycles. The predicted octanol–water partition coefficient (Wildman–Crippen LogP) is 22.8. The van der Waals surface area contributed by atoms with Crippen molar-refractivity contribution < 1.29 is 32.9 Å². The molecule has 1 amide bonds. The molecule has 0 aromatic carbocycles. The van der Waals surface area contributed by atoms with E-state index in [-0.39, 0.29) is 19.1 Å². The van der Waals surface area contributed by atoms with Gasteiger partial charge in [0.2, 0.25) is 5.91 Å². The maximum Gasteiger partial charge on any atom is 0.472 e. The highest BCUT2D eigenvalue weighted by atomic mass is 31.2. The molecule has 0 spiro atoms. The third-order valence-corrected chi connectivity index (χ3v) is 17.6. The second-order valence-electron chi connectivity index (χ2n) is 26.0. The van der Waals surface area contributed by atoms with Gasteiger partial charge in [0.05, 0.1) is 39.9 Å². The summed E-state index contributed by atoms with van der Waals surface area (Å²) in [6.45, 7) is 4.93. The zero-order valence-corrected chi connectivity index (χ0v) is 55.9. The third kappa shape index (κ3) is 66.1. The highest BCUT2D eigenvalue weighted by molar-refractivity contribution is 7.47. The molecule has 0 aromatic rings. The first kappa shape index (κ1) is 79.7. The van der Waals surface area contributed by atoms with Gasteiger partial charge in [-0.2, -0.15) is 0 Å². The number of aliphatic hydroxyl groups excluding tert-OH is 1. The van der Waals surface area contributed by atoms with E-state index in [1.807, 2.05) is 21.1 Å². The first-order valence-electron chi connectivity index (χ1n) is 35.9. The Kier molecular flexibility index (Phi) is 62.2. The van der Waals surface area contributed by atoms with Gasteiger partial charge in [0, 0.05) is 6.42 Å². The minimum Gasteiger partial charge on any atom is -0.391 e. The number of aliphatic hydroxyl groups is 1. The number of allylic oxidation sites excluding steroid dienone is 6. The van der Waals surface area contributed by atoms with Crippen molar-refractivity contribution in [3.05, 3.63) is 36.5 Å².